The zero-order valence-corrected chi connectivity index (χ0v) is 13.9. The van der Waals surface area contributed by atoms with Crippen LogP contribution in [0.3, 0.4) is 0 Å². The molecule has 1 N–H and O–H groups in total. The Hall–Kier alpha value is -1.89. The van der Waals surface area contributed by atoms with Crippen molar-refractivity contribution < 1.29 is 23.1 Å². The molecule has 0 bridgehead atoms. The van der Waals surface area contributed by atoms with Crippen LogP contribution < -0.4 is 0 Å². The molecule has 23 heavy (non-hydrogen) atoms. The molecule has 1 heterocycles. The van der Waals surface area contributed by atoms with E-state index in [9.17, 15) is 18.0 Å². The van der Waals surface area contributed by atoms with Gasteiger partial charge in [-0.3, -0.25) is 9.59 Å². The number of benzene rings is 1. The van der Waals surface area contributed by atoms with E-state index < -0.39 is 15.8 Å². The molecule has 1 amide bonds. The number of amides is 1. The zero-order valence-electron chi connectivity index (χ0n) is 13.1. The van der Waals surface area contributed by atoms with Gasteiger partial charge in [0.15, 0.2) is 9.84 Å². The first-order valence-electron chi connectivity index (χ1n) is 7.67. The molecule has 6 nitrogen and oxygen atoms in total. The fourth-order valence-electron chi connectivity index (χ4n) is 2.74. The summed E-state index contributed by atoms with van der Waals surface area (Å²) in [6.07, 6.45) is 1.51. The Balaban J connectivity index is 2.00. The molecule has 2 rings (SSSR count). The third kappa shape index (κ3) is 4.31. The van der Waals surface area contributed by atoms with Gasteiger partial charge in [0.05, 0.1) is 10.6 Å². The smallest absolute Gasteiger partial charge is 0.303 e. The maximum Gasteiger partial charge on any atom is 0.303 e. The van der Waals surface area contributed by atoms with E-state index in [-0.39, 0.29) is 28.9 Å². The van der Waals surface area contributed by atoms with Gasteiger partial charge in [-0.1, -0.05) is 6.92 Å². The first-order chi connectivity index (χ1) is 10.8. The van der Waals surface area contributed by atoms with Crippen LogP contribution in [0.1, 0.15) is 36.5 Å². The number of hydrogen-bond donors (Lipinski definition) is 1. The van der Waals surface area contributed by atoms with Crippen molar-refractivity contribution in [2.75, 3.05) is 18.8 Å². The molecule has 1 aromatic rings. The molecule has 0 unspecified atom stereocenters. The number of carbonyl (C=O) groups excluding carboxylic acids is 1. The maximum atomic E-state index is 12.4. The SMILES string of the molecule is CCS(=O)(=O)c1ccc(C(=O)N2CCC(CC(=O)O)CC2)cc1. The number of aliphatic carboxylic acids is 1. The largest absolute Gasteiger partial charge is 0.481 e. The van der Waals surface area contributed by atoms with E-state index in [0.717, 1.165) is 0 Å². The lowest BCUT2D eigenvalue weighted by molar-refractivity contribution is -0.138. The van der Waals surface area contributed by atoms with Crippen molar-refractivity contribution >= 4 is 21.7 Å². The molecule has 1 saturated heterocycles. The lowest BCUT2D eigenvalue weighted by Crippen LogP contribution is -2.38. The fourth-order valence-corrected chi connectivity index (χ4v) is 3.63. The topological polar surface area (TPSA) is 91.8 Å². The van der Waals surface area contributed by atoms with Gasteiger partial charge in [-0.25, -0.2) is 8.42 Å². The zero-order chi connectivity index (χ0) is 17.0. The number of carboxylic acid groups (broad SMARTS) is 1. The van der Waals surface area contributed by atoms with Gasteiger partial charge in [-0.2, -0.15) is 0 Å². The van der Waals surface area contributed by atoms with Crippen LogP contribution in [-0.2, 0) is 14.6 Å². The second kappa shape index (κ2) is 7.12. The number of sulfone groups is 1. The third-order valence-electron chi connectivity index (χ3n) is 4.21. The molecule has 0 radical (unpaired) electrons. The van der Waals surface area contributed by atoms with Gasteiger partial charge in [-0.15, -0.1) is 0 Å². The van der Waals surface area contributed by atoms with Gasteiger partial charge in [0.25, 0.3) is 5.91 Å². The van der Waals surface area contributed by atoms with Gasteiger partial charge in [0.2, 0.25) is 0 Å². The summed E-state index contributed by atoms with van der Waals surface area (Å²) in [4.78, 5) is 25.0. The van der Waals surface area contributed by atoms with Gasteiger partial charge >= 0.3 is 5.97 Å². The van der Waals surface area contributed by atoms with Crippen LogP contribution in [-0.4, -0.2) is 49.1 Å². The molecule has 7 heteroatoms. The van der Waals surface area contributed by atoms with Gasteiger partial charge in [0.1, 0.15) is 0 Å². The Bertz CT molecular complexity index is 673. The first kappa shape index (κ1) is 17.5. The Kier molecular flexibility index (Phi) is 5.41. The van der Waals surface area contributed by atoms with Crippen LogP contribution in [0.5, 0.6) is 0 Å². The standard InChI is InChI=1S/C16H21NO5S/c1-2-23(21,22)14-5-3-13(4-6-14)16(20)17-9-7-12(8-10-17)11-15(18)19/h3-6,12H,2,7-11H2,1H3,(H,18,19). The number of piperidine rings is 1. The van der Waals surface area contributed by atoms with Crippen LogP contribution in [0.15, 0.2) is 29.2 Å². The predicted molar refractivity (Wildman–Crippen MR) is 85.0 cm³/mol. The molecular formula is C16H21NO5S. The van der Waals surface area contributed by atoms with Gasteiger partial charge < -0.3 is 10.0 Å². The quantitative estimate of drug-likeness (QED) is 0.883. The molecule has 0 saturated carbocycles. The summed E-state index contributed by atoms with van der Waals surface area (Å²) in [5.41, 5.74) is 0.455. The summed E-state index contributed by atoms with van der Waals surface area (Å²) in [7, 11) is -3.26. The van der Waals surface area contributed by atoms with Crippen molar-refractivity contribution in [2.45, 2.75) is 31.1 Å². The first-order valence-corrected chi connectivity index (χ1v) is 9.32. The molecule has 0 aromatic heterocycles. The molecule has 0 aliphatic carbocycles. The highest BCUT2D eigenvalue weighted by Crippen LogP contribution is 2.22. The minimum atomic E-state index is -3.26. The van der Waals surface area contributed by atoms with Gasteiger partial charge in [0, 0.05) is 25.1 Å². The summed E-state index contributed by atoms with van der Waals surface area (Å²) < 4.78 is 23.5. The molecule has 0 spiro atoms. The average molecular weight is 339 g/mol. The molecular weight excluding hydrogens is 318 g/mol. The number of carbonyl (C=O) groups is 2. The number of likely N-dealkylation sites (tertiary alicyclic amines) is 1. The molecule has 1 fully saturated rings. The van der Waals surface area contributed by atoms with E-state index in [1.165, 1.54) is 24.3 Å². The van der Waals surface area contributed by atoms with Crippen LogP contribution in [0.2, 0.25) is 0 Å². The number of nitrogens with zero attached hydrogens (tertiary/aromatic N) is 1. The van der Waals surface area contributed by atoms with Crippen molar-refractivity contribution in [1.29, 1.82) is 0 Å². The van der Waals surface area contributed by atoms with Crippen molar-refractivity contribution in [3.05, 3.63) is 29.8 Å². The van der Waals surface area contributed by atoms with E-state index in [0.29, 0.717) is 31.5 Å². The Labute approximate surface area is 136 Å². The van der Waals surface area contributed by atoms with E-state index >= 15 is 0 Å². The summed E-state index contributed by atoms with van der Waals surface area (Å²) >= 11 is 0. The second-order valence-corrected chi connectivity index (χ2v) is 8.04. The molecule has 0 atom stereocenters. The van der Waals surface area contributed by atoms with Gasteiger partial charge in [-0.05, 0) is 43.0 Å². The molecule has 1 aromatic carbocycles. The third-order valence-corrected chi connectivity index (χ3v) is 5.96. The molecule has 1 aliphatic heterocycles. The van der Waals surface area contributed by atoms with Crippen molar-refractivity contribution in [2.24, 2.45) is 5.92 Å². The normalized spacial score (nSPS) is 16.3. The van der Waals surface area contributed by atoms with Crippen molar-refractivity contribution in [3.63, 3.8) is 0 Å². The predicted octanol–water partition coefficient (Wildman–Crippen LogP) is 1.81. The Morgan fingerprint density at radius 2 is 1.74 bits per heavy atom. The van der Waals surface area contributed by atoms with E-state index in [1.807, 2.05) is 0 Å². The van der Waals surface area contributed by atoms with Crippen LogP contribution in [0, 0.1) is 5.92 Å². The summed E-state index contributed by atoms with van der Waals surface area (Å²) in [5.74, 6) is -0.799. The lowest BCUT2D eigenvalue weighted by Gasteiger charge is -2.31. The monoisotopic (exact) mass is 339 g/mol. The summed E-state index contributed by atoms with van der Waals surface area (Å²) in [6, 6.07) is 5.99. The Morgan fingerprint density at radius 1 is 1.17 bits per heavy atom. The number of carboxylic acids is 1. The van der Waals surface area contributed by atoms with Crippen molar-refractivity contribution in [3.8, 4) is 0 Å². The molecule has 1 aliphatic rings. The van der Waals surface area contributed by atoms with Crippen LogP contribution in [0.4, 0.5) is 0 Å². The summed E-state index contributed by atoms with van der Waals surface area (Å²) in [6.45, 7) is 2.65. The maximum absolute atomic E-state index is 12.4. The van der Waals surface area contributed by atoms with E-state index in [2.05, 4.69) is 0 Å². The van der Waals surface area contributed by atoms with E-state index in [1.54, 1.807) is 11.8 Å². The minimum absolute atomic E-state index is 0.0252. The van der Waals surface area contributed by atoms with Crippen LogP contribution in [0.25, 0.3) is 0 Å². The Morgan fingerprint density at radius 3 is 2.22 bits per heavy atom. The highest BCUT2D eigenvalue weighted by atomic mass is 32.2. The highest BCUT2D eigenvalue weighted by molar-refractivity contribution is 7.91. The van der Waals surface area contributed by atoms with Crippen LogP contribution >= 0.6 is 0 Å². The average Bonchev–Trinajstić information content (AvgIpc) is 2.54. The lowest BCUT2D eigenvalue weighted by atomic mass is 9.93. The fraction of sp³-hybridized carbons (Fsp3) is 0.500. The second-order valence-electron chi connectivity index (χ2n) is 5.76. The highest BCUT2D eigenvalue weighted by Gasteiger charge is 2.25. The minimum Gasteiger partial charge on any atom is -0.481 e. The van der Waals surface area contributed by atoms with Crippen molar-refractivity contribution in [1.82, 2.24) is 4.90 Å². The summed E-state index contributed by atoms with van der Waals surface area (Å²) in [5, 5.41) is 8.80. The molecule has 126 valence electrons. The number of hydrogen-bond acceptors (Lipinski definition) is 4. The number of rotatable bonds is 5. The van der Waals surface area contributed by atoms with E-state index in [4.69, 9.17) is 5.11 Å².